The van der Waals surface area contributed by atoms with E-state index in [-0.39, 0.29) is 5.02 Å². The van der Waals surface area contributed by atoms with Crippen LogP contribution in [0.1, 0.15) is 17.2 Å². The molecular weight excluding hydrogens is 342 g/mol. The molecule has 0 bridgehead atoms. The summed E-state index contributed by atoms with van der Waals surface area (Å²) in [6.07, 6.45) is -1.02. The second-order valence-corrected chi connectivity index (χ2v) is 5.36. The summed E-state index contributed by atoms with van der Waals surface area (Å²) in [5, 5.41) is 10.8. The summed E-state index contributed by atoms with van der Waals surface area (Å²) in [6.45, 7) is 0. The molecule has 0 aliphatic carbocycles. The Balaban J connectivity index is 2.44. The Hall–Kier alpha value is -0.610. The highest BCUT2D eigenvalue weighted by molar-refractivity contribution is 9.10. The van der Waals surface area contributed by atoms with Gasteiger partial charge in [-0.1, -0.05) is 41.4 Å². The Bertz CT molecular complexity index is 589. The third kappa shape index (κ3) is 2.69. The fourth-order valence-electron chi connectivity index (χ4n) is 1.59. The van der Waals surface area contributed by atoms with Crippen LogP contribution in [0, 0.1) is 5.82 Å². The van der Waals surface area contributed by atoms with Crippen molar-refractivity contribution in [2.24, 2.45) is 0 Å². The van der Waals surface area contributed by atoms with E-state index in [1.165, 1.54) is 12.1 Å². The van der Waals surface area contributed by atoms with Crippen LogP contribution < -0.4 is 0 Å². The molecule has 0 radical (unpaired) electrons. The first-order chi connectivity index (χ1) is 8.50. The fraction of sp³-hybridized carbons (Fsp3) is 0.0769. The molecule has 0 aliphatic heterocycles. The Morgan fingerprint density at radius 1 is 1.17 bits per heavy atom. The largest absolute Gasteiger partial charge is 0.384 e. The van der Waals surface area contributed by atoms with Gasteiger partial charge in [-0.05, 0) is 39.7 Å². The average molecular weight is 350 g/mol. The van der Waals surface area contributed by atoms with Crippen LogP contribution >= 0.6 is 39.1 Å². The van der Waals surface area contributed by atoms with Gasteiger partial charge in [0, 0.05) is 5.56 Å². The third-order valence-electron chi connectivity index (χ3n) is 2.54. The number of halogens is 4. The molecule has 0 aliphatic rings. The molecule has 0 heterocycles. The van der Waals surface area contributed by atoms with E-state index in [9.17, 15) is 9.50 Å². The number of benzene rings is 2. The van der Waals surface area contributed by atoms with Gasteiger partial charge in [-0.3, -0.25) is 0 Å². The lowest BCUT2D eigenvalue weighted by Gasteiger charge is -2.14. The lowest BCUT2D eigenvalue weighted by atomic mass is 10.0. The lowest BCUT2D eigenvalue weighted by molar-refractivity contribution is 0.220. The molecule has 1 N–H and O–H groups in total. The third-order valence-corrected chi connectivity index (χ3v) is 4.01. The predicted molar refractivity (Wildman–Crippen MR) is 74.6 cm³/mol. The van der Waals surface area contributed by atoms with Gasteiger partial charge in [0.25, 0.3) is 0 Å². The van der Waals surface area contributed by atoms with Gasteiger partial charge in [0.2, 0.25) is 0 Å². The molecule has 0 saturated carbocycles. The molecule has 1 atom stereocenters. The van der Waals surface area contributed by atoms with Crippen LogP contribution in [-0.2, 0) is 0 Å². The molecule has 0 spiro atoms. The van der Waals surface area contributed by atoms with Crippen molar-refractivity contribution in [2.75, 3.05) is 0 Å². The second-order valence-electron chi connectivity index (χ2n) is 3.72. The topological polar surface area (TPSA) is 20.2 Å². The van der Waals surface area contributed by atoms with Crippen LogP contribution in [-0.4, -0.2) is 5.11 Å². The maximum atomic E-state index is 13.4. The van der Waals surface area contributed by atoms with Crippen LogP contribution in [0.25, 0.3) is 0 Å². The highest BCUT2D eigenvalue weighted by Crippen LogP contribution is 2.33. The highest BCUT2D eigenvalue weighted by Gasteiger charge is 2.16. The number of hydrogen-bond acceptors (Lipinski definition) is 1. The van der Waals surface area contributed by atoms with E-state index in [1.54, 1.807) is 24.3 Å². The first-order valence-electron chi connectivity index (χ1n) is 5.07. The van der Waals surface area contributed by atoms with Gasteiger partial charge in [-0.2, -0.15) is 0 Å². The Morgan fingerprint density at radius 3 is 2.56 bits per heavy atom. The Morgan fingerprint density at radius 2 is 1.89 bits per heavy atom. The molecule has 5 heteroatoms. The minimum Gasteiger partial charge on any atom is -0.384 e. The van der Waals surface area contributed by atoms with Gasteiger partial charge < -0.3 is 5.11 Å². The first-order valence-corrected chi connectivity index (χ1v) is 6.62. The summed E-state index contributed by atoms with van der Waals surface area (Å²) < 4.78 is 13.8. The first kappa shape index (κ1) is 13.8. The number of aliphatic hydroxyl groups excluding tert-OH is 1. The molecule has 0 saturated heterocycles. The van der Waals surface area contributed by atoms with Gasteiger partial charge in [-0.25, -0.2) is 4.39 Å². The Kier molecular flexibility index (Phi) is 4.28. The van der Waals surface area contributed by atoms with Crippen molar-refractivity contribution in [3.63, 3.8) is 0 Å². The van der Waals surface area contributed by atoms with E-state index in [0.29, 0.717) is 20.6 Å². The molecule has 0 aromatic heterocycles. The van der Waals surface area contributed by atoms with Gasteiger partial charge >= 0.3 is 0 Å². The molecular formula is C13H8BrCl2FO. The van der Waals surface area contributed by atoms with Crippen molar-refractivity contribution in [1.29, 1.82) is 0 Å². The molecule has 2 aromatic carbocycles. The standard InChI is InChI=1S/C13H8BrCl2FO/c14-9-5-4-7(6-11(9)17)13(18)8-2-1-3-10(15)12(8)16/h1-6,13,18H. The highest BCUT2D eigenvalue weighted by atomic mass is 79.9. The zero-order valence-corrected chi connectivity index (χ0v) is 12.1. The van der Waals surface area contributed by atoms with Crippen molar-refractivity contribution in [1.82, 2.24) is 0 Å². The SMILES string of the molecule is OC(c1ccc(Br)c(F)c1)c1cccc(Cl)c1Cl. The maximum absolute atomic E-state index is 13.4. The van der Waals surface area contributed by atoms with E-state index >= 15 is 0 Å². The van der Waals surface area contributed by atoms with Crippen LogP contribution in [0.15, 0.2) is 40.9 Å². The summed E-state index contributed by atoms with van der Waals surface area (Å²) in [7, 11) is 0. The van der Waals surface area contributed by atoms with E-state index in [0.717, 1.165) is 0 Å². The van der Waals surface area contributed by atoms with Crippen LogP contribution in [0.4, 0.5) is 4.39 Å². The fourth-order valence-corrected chi connectivity index (χ4v) is 2.25. The van der Waals surface area contributed by atoms with Crippen molar-refractivity contribution < 1.29 is 9.50 Å². The number of rotatable bonds is 2. The smallest absolute Gasteiger partial charge is 0.137 e. The van der Waals surface area contributed by atoms with Gasteiger partial charge in [0.05, 0.1) is 14.5 Å². The molecule has 0 amide bonds. The molecule has 18 heavy (non-hydrogen) atoms. The Labute approximate surface area is 122 Å². The zero-order valence-electron chi connectivity index (χ0n) is 9.00. The predicted octanol–water partition coefficient (Wildman–Crippen LogP) is 4.98. The lowest BCUT2D eigenvalue weighted by Crippen LogP contribution is -2.01. The second kappa shape index (κ2) is 5.57. The quantitative estimate of drug-likeness (QED) is 0.810. The van der Waals surface area contributed by atoms with E-state index in [2.05, 4.69) is 15.9 Å². The van der Waals surface area contributed by atoms with Crippen LogP contribution in [0.5, 0.6) is 0 Å². The normalized spacial score (nSPS) is 12.5. The van der Waals surface area contributed by atoms with E-state index in [4.69, 9.17) is 23.2 Å². The molecule has 1 unspecified atom stereocenters. The van der Waals surface area contributed by atoms with E-state index in [1.807, 2.05) is 0 Å². The van der Waals surface area contributed by atoms with E-state index < -0.39 is 11.9 Å². The monoisotopic (exact) mass is 348 g/mol. The van der Waals surface area contributed by atoms with Crippen LogP contribution in [0.2, 0.25) is 10.0 Å². The summed E-state index contributed by atoms with van der Waals surface area (Å²) in [5.74, 6) is -0.440. The molecule has 94 valence electrons. The summed E-state index contributed by atoms with van der Waals surface area (Å²) >= 11 is 14.9. The zero-order chi connectivity index (χ0) is 13.3. The van der Waals surface area contributed by atoms with Crippen LogP contribution in [0.3, 0.4) is 0 Å². The summed E-state index contributed by atoms with van der Waals surface area (Å²) in [5.41, 5.74) is 0.866. The molecule has 2 rings (SSSR count). The van der Waals surface area contributed by atoms with Gasteiger partial charge in [0.15, 0.2) is 0 Å². The van der Waals surface area contributed by atoms with Crippen molar-refractivity contribution in [3.05, 3.63) is 67.9 Å². The summed E-state index contributed by atoms with van der Waals surface area (Å²) in [4.78, 5) is 0. The summed E-state index contributed by atoms with van der Waals surface area (Å²) in [6, 6.07) is 9.37. The molecule has 0 fully saturated rings. The maximum Gasteiger partial charge on any atom is 0.137 e. The van der Waals surface area contributed by atoms with Gasteiger partial charge in [-0.15, -0.1) is 0 Å². The minimum atomic E-state index is -1.02. The van der Waals surface area contributed by atoms with Gasteiger partial charge in [0.1, 0.15) is 11.9 Å². The molecule has 1 nitrogen and oxygen atoms in total. The molecule has 2 aromatic rings. The van der Waals surface area contributed by atoms with Crippen molar-refractivity contribution >= 4 is 39.1 Å². The number of aliphatic hydroxyl groups is 1. The average Bonchev–Trinajstić information content (AvgIpc) is 2.35. The van der Waals surface area contributed by atoms with Crippen molar-refractivity contribution in [2.45, 2.75) is 6.10 Å². The number of hydrogen-bond donors (Lipinski definition) is 1. The minimum absolute atomic E-state index is 0.273. The van der Waals surface area contributed by atoms with Crippen molar-refractivity contribution in [3.8, 4) is 0 Å².